The van der Waals surface area contributed by atoms with E-state index in [2.05, 4.69) is 5.10 Å². The number of aryl methyl sites for hydroxylation is 2. The van der Waals surface area contributed by atoms with Crippen molar-refractivity contribution in [3.63, 3.8) is 0 Å². The van der Waals surface area contributed by atoms with Crippen LogP contribution in [0.5, 0.6) is 0 Å². The maximum absolute atomic E-state index is 12.4. The Balaban J connectivity index is 2.12. The van der Waals surface area contributed by atoms with Crippen molar-refractivity contribution in [1.82, 2.24) is 9.78 Å². The first-order valence-electron chi connectivity index (χ1n) is 7.03. The molecule has 1 saturated carbocycles. The first kappa shape index (κ1) is 14.5. The average molecular weight is 284 g/mol. The highest BCUT2D eigenvalue weighted by Crippen LogP contribution is 2.27. The zero-order chi connectivity index (χ0) is 14.0. The van der Waals surface area contributed by atoms with Crippen LogP contribution in [0.3, 0.4) is 0 Å². The lowest BCUT2D eigenvalue weighted by Gasteiger charge is -2.27. The van der Waals surface area contributed by atoms with Gasteiger partial charge in [0.2, 0.25) is 0 Å². The number of carbonyl (C=O) groups is 1. The number of ketones is 1. The summed E-state index contributed by atoms with van der Waals surface area (Å²) in [7, 11) is 1.84. The Hall–Kier alpha value is -0.870. The second-order valence-electron chi connectivity index (χ2n) is 5.38. The maximum atomic E-state index is 12.4. The molecule has 1 fully saturated rings. The van der Waals surface area contributed by atoms with Crippen LogP contribution in [0, 0.1) is 5.92 Å². The van der Waals surface area contributed by atoms with Crippen LogP contribution in [0.1, 0.15) is 44.0 Å². The van der Waals surface area contributed by atoms with Crippen LogP contribution in [-0.2, 0) is 24.7 Å². The molecular weight excluding hydrogens is 262 g/mol. The molecule has 106 valence electrons. The minimum absolute atomic E-state index is 0.00945. The van der Waals surface area contributed by atoms with Crippen molar-refractivity contribution in [3.05, 3.63) is 16.4 Å². The summed E-state index contributed by atoms with van der Waals surface area (Å²) in [5.41, 5.74) is 7.75. The van der Waals surface area contributed by atoms with E-state index in [1.54, 1.807) is 4.68 Å². The lowest BCUT2D eigenvalue weighted by atomic mass is 9.81. The molecule has 0 bridgehead atoms. The van der Waals surface area contributed by atoms with Crippen LogP contribution < -0.4 is 5.73 Å². The van der Waals surface area contributed by atoms with E-state index in [0.29, 0.717) is 11.4 Å². The Morgan fingerprint density at radius 3 is 2.74 bits per heavy atom. The van der Waals surface area contributed by atoms with Crippen molar-refractivity contribution >= 4 is 17.4 Å². The van der Waals surface area contributed by atoms with Gasteiger partial charge in [-0.1, -0.05) is 31.4 Å². The molecule has 0 amide bonds. The van der Waals surface area contributed by atoms with Gasteiger partial charge in [0.15, 0.2) is 0 Å². The van der Waals surface area contributed by atoms with E-state index in [-0.39, 0.29) is 17.7 Å². The molecule has 1 aromatic rings. The van der Waals surface area contributed by atoms with Gasteiger partial charge in [0.05, 0.1) is 22.8 Å². The molecule has 2 atom stereocenters. The van der Waals surface area contributed by atoms with Crippen molar-refractivity contribution in [3.8, 4) is 0 Å². The molecule has 0 aromatic carbocycles. The summed E-state index contributed by atoms with van der Waals surface area (Å²) in [5, 5.41) is 4.99. The standard InChI is InChI=1S/C14H22ClN3O/c1-3-11-14(15)12(18(2)17-11)8-13(19)9-6-4-5-7-10(9)16/h9-10H,3-8,16H2,1-2H3. The highest BCUT2D eigenvalue weighted by Gasteiger charge is 2.29. The van der Waals surface area contributed by atoms with Gasteiger partial charge >= 0.3 is 0 Å². The molecule has 4 nitrogen and oxygen atoms in total. The number of halogens is 1. The highest BCUT2D eigenvalue weighted by molar-refractivity contribution is 6.32. The van der Waals surface area contributed by atoms with Crippen molar-refractivity contribution in [1.29, 1.82) is 0 Å². The number of hydrogen-bond donors (Lipinski definition) is 1. The van der Waals surface area contributed by atoms with Crippen LogP contribution in [0.2, 0.25) is 5.02 Å². The van der Waals surface area contributed by atoms with E-state index in [1.807, 2.05) is 14.0 Å². The van der Waals surface area contributed by atoms with Crippen LogP contribution in [0.15, 0.2) is 0 Å². The van der Waals surface area contributed by atoms with Crippen LogP contribution in [0.4, 0.5) is 0 Å². The van der Waals surface area contributed by atoms with Crippen molar-refractivity contribution in [2.75, 3.05) is 0 Å². The first-order valence-corrected chi connectivity index (χ1v) is 7.41. The summed E-state index contributed by atoms with van der Waals surface area (Å²) in [6, 6.07) is 0.0129. The Labute approximate surface area is 119 Å². The number of rotatable bonds is 4. The summed E-state index contributed by atoms with van der Waals surface area (Å²) >= 11 is 6.28. The smallest absolute Gasteiger partial charge is 0.143 e. The van der Waals surface area contributed by atoms with Gasteiger partial charge in [-0.2, -0.15) is 5.10 Å². The van der Waals surface area contributed by atoms with E-state index in [4.69, 9.17) is 17.3 Å². The molecule has 1 aliphatic carbocycles. The van der Waals surface area contributed by atoms with Crippen molar-refractivity contribution in [2.45, 2.75) is 51.5 Å². The SMILES string of the molecule is CCc1nn(C)c(CC(=O)C2CCCCC2N)c1Cl. The molecular formula is C14H22ClN3O. The fraction of sp³-hybridized carbons (Fsp3) is 0.714. The number of nitrogens with two attached hydrogens (primary N) is 1. The summed E-state index contributed by atoms with van der Waals surface area (Å²) in [5.74, 6) is 0.199. The molecule has 0 saturated heterocycles. The molecule has 0 radical (unpaired) electrons. The van der Waals surface area contributed by atoms with Crippen molar-refractivity contribution in [2.24, 2.45) is 18.7 Å². The summed E-state index contributed by atoms with van der Waals surface area (Å²) in [4.78, 5) is 12.4. The van der Waals surface area contributed by atoms with Gasteiger partial charge in [-0.3, -0.25) is 9.48 Å². The normalized spacial score (nSPS) is 23.6. The fourth-order valence-corrected chi connectivity index (χ4v) is 3.23. The van der Waals surface area contributed by atoms with E-state index in [9.17, 15) is 4.79 Å². The third-order valence-corrected chi connectivity index (χ3v) is 4.51. The molecule has 5 heteroatoms. The van der Waals surface area contributed by atoms with E-state index in [1.165, 1.54) is 0 Å². The molecule has 0 aliphatic heterocycles. The zero-order valence-corrected chi connectivity index (χ0v) is 12.4. The Kier molecular flexibility index (Phi) is 4.63. The second kappa shape index (κ2) is 6.06. The van der Waals surface area contributed by atoms with Crippen molar-refractivity contribution < 1.29 is 4.79 Å². The fourth-order valence-electron chi connectivity index (χ4n) is 2.87. The molecule has 2 rings (SSSR count). The van der Waals surface area contributed by atoms with Gasteiger partial charge in [0.25, 0.3) is 0 Å². The molecule has 2 N–H and O–H groups in total. The molecule has 1 aliphatic rings. The number of aromatic nitrogens is 2. The zero-order valence-electron chi connectivity index (χ0n) is 11.7. The monoisotopic (exact) mass is 283 g/mol. The van der Waals surface area contributed by atoms with Gasteiger partial charge in [0, 0.05) is 19.0 Å². The number of hydrogen-bond acceptors (Lipinski definition) is 3. The summed E-state index contributed by atoms with van der Waals surface area (Å²) < 4.78 is 1.73. The van der Waals surface area contributed by atoms with E-state index >= 15 is 0 Å². The largest absolute Gasteiger partial charge is 0.327 e. The van der Waals surface area contributed by atoms with Crippen LogP contribution in [0.25, 0.3) is 0 Å². The topological polar surface area (TPSA) is 60.9 Å². The maximum Gasteiger partial charge on any atom is 0.143 e. The van der Waals surface area contributed by atoms with Gasteiger partial charge in [-0.05, 0) is 19.3 Å². The highest BCUT2D eigenvalue weighted by atomic mass is 35.5. The Morgan fingerprint density at radius 1 is 1.47 bits per heavy atom. The Morgan fingerprint density at radius 2 is 2.16 bits per heavy atom. The quantitative estimate of drug-likeness (QED) is 0.922. The predicted molar refractivity (Wildman–Crippen MR) is 76.2 cm³/mol. The molecule has 1 aromatic heterocycles. The minimum Gasteiger partial charge on any atom is -0.327 e. The summed E-state index contributed by atoms with van der Waals surface area (Å²) in [6.45, 7) is 2.01. The molecule has 2 unspecified atom stereocenters. The first-order chi connectivity index (χ1) is 9.04. The predicted octanol–water partition coefficient (Wildman–Crippen LogP) is 2.27. The molecule has 0 spiro atoms. The van der Waals surface area contributed by atoms with Gasteiger partial charge < -0.3 is 5.73 Å². The number of carbonyl (C=O) groups excluding carboxylic acids is 1. The molecule has 1 heterocycles. The number of Topliss-reactive ketones (excluding diaryl/α,β-unsaturated/α-hetero) is 1. The van der Waals surface area contributed by atoms with E-state index in [0.717, 1.165) is 43.5 Å². The third kappa shape index (κ3) is 3.00. The lowest BCUT2D eigenvalue weighted by molar-refractivity contribution is -0.123. The van der Waals surface area contributed by atoms with E-state index < -0.39 is 0 Å². The summed E-state index contributed by atoms with van der Waals surface area (Å²) in [6.07, 6.45) is 5.23. The third-order valence-electron chi connectivity index (χ3n) is 4.08. The van der Waals surface area contributed by atoms with Gasteiger partial charge in [-0.15, -0.1) is 0 Å². The molecule has 19 heavy (non-hydrogen) atoms. The lowest BCUT2D eigenvalue weighted by Crippen LogP contribution is -2.38. The van der Waals surface area contributed by atoms with Gasteiger partial charge in [0.1, 0.15) is 5.78 Å². The second-order valence-corrected chi connectivity index (χ2v) is 5.76. The Bertz CT molecular complexity index is 470. The van der Waals surface area contributed by atoms with Crippen LogP contribution in [-0.4, -0.2) is 21.6 Å². The average Bonchev–Trinajstić information content (AvgIpc) is 2.66. The van der Waals surface area contributed by atoms with Crippen LogP contribution >= 0.6 is 11.6 Å². The van der Waals surface area contributed by atoms with Gasteiger partial charge in [-0.25, -0.2) is 0 Å². The minimum atomic E-state index is -0.00945. The number of nitrogens with zero attached hydrogens (tertiary/aromatic N) is 2.